The van der Waals surface area contributed by atoms with Gasteiger partial charge < -0.3 is 10.1 Å². The minimum atomic E-state index is -0.0124. The van der Waals surface area contributed by atoms with Gasteiger partial charge in [0.25, 0.3) is 0 Å². The lowest BCUT2D eigenvalue weighted by molar-refractivity contribution is -0.121. The van der Waals surface area contributed by atoms with E-state index < -0.39 is 0 Å². The number of carbonyl (C=O) groups excluding carboxylic acids is 1. The minimum absolute atomic E-state index is 0.0124. The van der Waals surface area contributed by atoms with Gasteiger partial charge in [-0.1, -0.05) is 29.3 Å². The summed E-state index contributed by atoms with van der Waals surface area (Å²) in [6, 6.07) is 8.87. The molecule has 6 heteroatoms. The molecule has 0 atom stereocenters. The van der Waals surface area contributed by atoms with Crippen LogP contribution in [0.4, 0.5) is 0 Å². The van der Waals surface area contributed by atoms with E-state index >= 15 is 0 Å². The molecule has 2 rings (SSSR count). The van der Waals surface area contributed by atoms with E-state index in [-0.39, 0.29) is 5.91 Å². The molecule has 1 aromatic carbocycles. The van der Waals surface area contributed by atoms with Crippen LogP contribution in [-0.2, 0) is 11.2 Å². The Morgan fingerprint density at radius 3 is 2.82 bits per heavy atom. The highest BCUT2D eigenvalue weighted by Crippen LogP contribution is 2.26. The molecular formula is C16H16Cl2N2O2. The van der Waals surface area contributed by atoms with Gasteiger partial charge in [0.1, 0.15) is 12.4 Å². The van der Waals surface area contributed by atoms with E-state index in [0.717, 1.165) is 5.56 Å². The highest BCUT2D eigenvalue weighted by Gasteiger charge is 2.03. The fourth-order valence-electron chi connectivity index (χ4n) is 1.82. The summed E-state index contributed by atoms with van der Waals surface area (Å²) in [5, 5.41) is 3.73. The van der Waals surface area contributed by atoms with E-state index in [0.29, 0.717) is 41.8 Å². The number of pyridine rings is 1. The minimum Gasteiger partial charge on any atom is -0.492 e. The number of aromatic nitrogens is 1. The Balaban J connectivity index is 1.63. The summed E-state index contributed by atoms with van der Waals surface area (Å²) in [7, 11) is 0. The van der Waals surface area contributed by atoms with Crippen LogP contribution in [0, 0.1) is 0 Å². The zero-order chi connectivity index (χ0) is 15.8. The first-order valence-corrected chi connectivity index (χ1v) is 7.64. The molecule has 0 spiro atoms. The molecule has 0 aliphatic carbocycles. The Morgan fingerprint density at radius 1 is 1.23 bits per heavy atom. The molecule has 4 nitrogen and oxygen atoms in total. The quantitative estimate of drug-likeness (QED) is 0.786. The van der Waals surface area contributed by atoms with Crippen LogP contribution in [0.1, 0.15) is 12.0 Å². The van der Waals surface area contributed by atoms with Gasteiger partial charge in [0.2, 0.25) is 5.91 Å². The van der Waals surface area contributed by atoms with Crippen LogP contribution in [0.2, 0.25) is 10.0 Å². The molecule has 116 valence electrons. The van der Waals surface area contributed by atoms with E-state index in [2.05, 4.69) is 10.3 Å². The molecule has 22 heavy (non-hydrogen) atoms. The lowest BCUT2D eigenvalue weighted by atomic mass is 10.1. The van der Waals surface area contributed by atoms with Gasteiger partial charge >= 0.3 is 0 Å². The first-order valence-electron chi connectivity index (χ1n) is 6.88. The Labute approximate surface area is 139 Å². The topological polar surface area (TPSA) is 51.2 Å². The maximum absolute atomic E-state index is 11.7. The van der Waals surface area contributed by atoms with Crippen LogP contribution >= 0.6 is 23.2 Å². The maximum atomic E-state index is 11.7. The number of hydrogen-bond acceptors (Lipinski definition) is 3. The molecule has 0 aliphatic rings. The van der Waals surface area contributed by atoms with Gasteiger partial charge in [-0.05, 0) is 30.2 Å². The number of carbonyl (C=O) groups is 1. The number of rotatable bonds is 7. The van der Waals surface area contributed by atoms with E-state index in [4.69, 9.17) is 27.9 Å². The Bertz CT molecular complexity index is 621. The number of nitrogens with zero attached hydrogens (tertiary/aromatic N) is 1. The van der Waals surface area contributed by atoms with E-state index in [1.165, 1.54) is 0 Å². The van der Waals surface area contributed by atoms with Gasteiger partial charge in [0.15, 0.2) is 0 Å². The van der Waals surface area contributed by atoms with Crippen molar-refractivity contribution in [1.29, 1.82) is 0 Å². The van der Waals surface area contributed by atoms with Crippen molar-refractivity contribution in [3.8, 4) is 5.75 Å². The second-order valence-corrected chi connectivity index (χ2v) is 5.45. The SMILES string of the molecule is O=C(CCc1cccnc1)NCCOc1ccc(Cl)c(Cl)c1. The molecule has 0 fully saturated rings. The number of aryl methyl sites for hydroxylation is 1. The van der Waals surface area contributed by atoms with Gasteiger partial charge in [0.05, 0.1) is 16.6 Å². The van der Waals surface area contributed by atoms with Gasteiger partial charge in [0, 0.05) is 24.9 Å². The lowest BCUT2D eigenvalue weighted by Gasteiger charge is -2.08. The second kappa shape index (κ2) is 8.61. The lowest BCUT2D eigenvalue weighted by Crippen LogP contribution is -2.28. The van der Waals surface area contributed by atoms with Crippen molar-refractivity contribution in [1.82, 2.24) is 10.3 Å². The molecule has 0 unspecified atom stereocenters. The fourth-order valence-corrected chi connectivity index (χ4v) is 2.11. The monoisotopic (exact) mass is 338 g/mol. The van der Waals surface area contributed by atoms with Crippen molar-refractivity contribution in [2.75, 3.05) is 13.2 Å². The summed E-state index contributed by atoms with van der Waals surface area (Å²) in [5.41, 5.74) is 1.05. The molecule has 2 aromatic rings. The maximum Gasteiger partial charge on any atom is 0.220 e. The zero-order valence-electron chi connectivity index (χ0n) is 11.9. The summed E-state index contributed by atoms with van der Waals surface area (Å²) in [6.45, 7) is 0.808. The second-order valence-electron chi connectivity index (χ2n) is 4.64. The number of nitrogens with one attached hydrogen (secondary N) is 1. The smallest absolute Gasteiger partial charge is 0.220 e. The molecule has 0 aliphatic heterocycles. The summed E-state index contributed by atoms with van der Waals surface area (Å²) in [4.78, 5) is 15.7. The van der Waals surface area contributed by atoms with Crippen molar-refractivity contribution in [2.45, 2.75) is 12.8 Å². The number of benzene rings is 1. The van der Waals surface area contributed by atoms with Gasteiger partial charge in [-0.25, -0.2) is 0 Å². The third-order valence-electron chi connectivity index (χ3n) is 2.95. The molecule has 1 N–H and O–H groups in total. The van der Waals surface area contributed by atoms with Crippen molar-refractivity contribution in [3.05, 3.63) is 58.3 Å². The summed E-state index contributed by atoms with van der Waals surface area (Å²) < 4.78 is 5.49. The van der Waals surface area contributed by atoms with Gasteiger partial charge in [-0.3, -0.25) is 9.78 Å². The molecular weight excluding hydrogens is 323 g/mol. The first kappa shape index (κ1) is 16.6. The Kier molecular flexibility index (Phi) is 6.49. The van der Waals surface area contributed by atoms with Crippen LogP contribution in [0.25, 0.3) is 0 Å². The summed E-state index contributed by atoms with van der Waals surface area (Å²) in [6.07, 6.45) is 4.58. The number of hydrogen-bond donors (Lipinski definition) is 1. The predicted molar refractivity (Wildman–Crippen MR) is 87.5 cm³/mol. The predicted octanol–water partition coefficient (Wildman–Crippen LogP) is 3.52. The molecule has 0 bridgehead atoms. The van der Waals surface area contributed by atoms with Crippen LogP contribution in [0.3, 0.4) is 0 Å². The largest absolute Gasteiger partial charge is 0.492 e. The third-order valence-corrected chi connectivity index (χ3v) is 3.69. The summed E-state index contributed by atoms with van der Waals surface area (Å²) in [5.74, 6) is 0.612. The molecule has 1 aromatic heterocycles. The van der Waals surface area contributed by atoms with Crippen molar-refractivity contribution >= 4 is 29.1 Å². The third kappa shape index (κ3) is 5.54. The van der Waals surface area contributed by atoms with Crippen LogP contribution in [-0.4, -0.2) is 24.0 Å². The van der Waals surface area contributed by atoms with Gasteiger partial charge in [-0.2, -0.15) is 0 Å². The fraction of sp³-hybridized carbons (Fsp3) is 0.250. The van der Waals surface area contributed by atoms with E-state index in [9.17, 15) is 4.79 Å². The first-order chi connectivity index (χ1) is 10.6. The zero-order valence-corrected chi connectivity index (χ0v) is 13.4. The van der Waals surface area contributed by atoms with Crippen LogP contribution in [0.15, 0.2) is 42.7 Å². The highest BCUT2D eigenvalue weighted by molar-refractivity contribution is 6.42. The molecule has 1 amide bonds. The molecule has 0 saturated carbocycles. The Morgan fingerprint density at radius 2 is 2.09 bits per heavy atom. The average Bonchev–Trinajstić information content (AvgIpc) is 2.54. The molecule has 0 radical (unpaired) electrons. The average molecular weight is 339 g/mol. The number of halogens is 2. The Hall–Kier alpha value is -1.78. The summed E-state index contributed by atoms with van der Waals surface area (Å²) >= 11 is 11.7. The standard InChI is InChI=1S/C16H16Cl2N2O2/c17-14-5-4-13(10-15(14)18)22-9-8-20-16(21)6-3-12-2-1-7-19-11-12/h1-2,4-5,7,10-11H,3,6,8-9H2,(H,20,21). The van der Waals surface area contributed by atoms with E-state index in [1.807, 2.05) is 12.1 Å². The van der Waals surface area contributed by atoms with Crippen molar-refractivity contribution < 1.29 is 9.53 Å². The normalized spacial score (nSPS) is 10.3. The van der Waals surface area contributed by atoms with E-state index in [1.54, 1.807) is 30.6 Å². The van der Waals surface area contributed by atoms with Crippen molar-refractivity contribution in [2.24, 2.45) is 0 Å². The van der Waals surface area contributed by atoms with Crippen LogP contribution in [0.5, 0.6) is 5.75 Å². The van der Waals surface area contributed by atoms with Gasteiger partial charge in [-0.15, -0.1) is 0 Å². The van der Waals surface area contributed by atoms with Crippen LogP contribution < -0.4 is 10.1 Å². The van der Waals surface area contributed by atoms with Crippen molar-refractivity contribution in [3.63, 3.8) is 0 Å². The number of amides is 1. The number of ether oxygens (including phenoxy) is 1. The molecule has 0 saturated heterocycles. The molecule has 1 heterocycles. The highest BCUT2D eigenvalue weighted by atomic mass is 35.5.